The Morgan fingerprint density at radius 3 is 2.60 bits per heavy atom. The summed E-state index contributed by atoms with van der Waals surface area (Å²) >= 11 is 3.57. The number of ether oxygens (including phenoxy) is 1. The summed E-state index contributed by atoms with van der Waals surface area (Å²) in [6.45, 7) is 9.69. The average Bonchev–Trinajstić information content (AvgIpc) is 2.55. The summed E-state index contributed by atoms with van der Waals surface area (Å²) < 4.78 is 6.46. The summed E-state index contributed by atoms with van der Waals surface area (Å²) in [4.78, 5) is 20.5. The number of amides is 1. The molecule has 25 heavy (non-hydrogen) atoms. The molecule has 0 aliphatic carbocycles. The molecule has 1 aliphatic rings. The van der Waals surface area contributed by atoms with Crippen LogP contribution < -0.4 is 0 Å². The molecule has 2 aromatic rings. The third-order valence-electron chi connectivity index (χ3n) is 4.21. The smallest absolute Gasteiger partial charge is 0.410 e. The van der Waals surface area contributed by atoms with Crippen molar-refractivity contribution >= 4 is 32.8 Å². The first-order valence-corrected chi connectivity index (χ1v) is 9.33. The molecule has 0 spiro atoms. The van der Waals surface area contributed by atoms with Crippen molar-refractivity contribution < 1.29 is 9.53 Å². The van der Waals surface area contributed by atoms with Gasteiger partial charge in [0.05, 0.1) is 0 Å². The molecular formula is C19H24BrN3O2. The minimum absolute atomic E-state index is 0.214. The second-order valence-corrected chi connectivity index (χ2v) is 8.27. The molecule has 2 heterocycles. The van der Waals surface area contributed by atoms with E-state index < -0.39 is 5.60 Å². The van der Waals surface area contributed by atoms with Gasteiger partial charge in [0, 0.05) is 55.0 Å². The van der Waals surface area contributed by atoms with E-state index in [4.69, 9.17) is 4.74 Å². The number of aromatic nitrogens is 1. The van der Waals surface area contributed by atoms with Crippen molar-refractivity contribution in [3.05, 3.63) is 40.6 Å². The number of nitrogens with zero attached hydrogens (tertiary/aromatic N) is 3. The van der Waals surface area contributed by atoms with E-state index in [1.165, 1.54) is 10.9 Å². The molecule has 1 aromatic heterocycles. The van der Waals surface area contributed by atoms with Gasteiger partial charge in [0.15, 0.2) is 0 Å². The monoisotopic (exact) mass is 405 g/mol. The van der Waals surface area contributed by atoms with Crippen LogP contribution in [0.2, 0.25) is 0 Å². The van der Waals surface area contributed by atoms with Crippen LogP contribution in [0, 0.1) is 0 Å². The predicted molar refractivity (Wildman–Crippen MR) is 103 cm³/mol. The molecule has 0 unspecified atom stereocenters. The lowest BCUT2D eigenvalue weighted by Crippen LogP contribution is -2.49. The summed E-state index contributed by atoms with van der Waals surface area (Å²) in [5, 5.41) is 2.31. The van der Waals surface area contributed by atoms with Crippen molar-refractivity contribution in [1.82, 2.24) is 14.8 Å². The number of hydrogen-bond acceptors (Lipinski definition) is 4. The largest absolute Gasteiger partial charge is 0.444 e. The molecular weight excluding hydrogens is 382 g/mol. The van der Waals surface area contributed by atoms with Crippen LogP contribution in [0.1, 0.15) is 26.3 Å². The minimum Gasteiger partial charge on any atom is -0.444 e. The molecule has 3 rings (SSSR count). The fraction of sp³-hybridized carbons (Fsp3) is 0.474. The second kappa shape index (κ2) is 7.30. The van der Waals surface area contributed by atoms with Crippen LogP contribution in [-0.2, 0) is 11.3 Å². The van der Waals surface area contributed by atoms with Gasteiger partial charge >= 0.3 is 6.09 Å². The molecule has 0 bridgehead atoms. The Morgan fingerprint density at radius 1 is 1.20 bits per heavy atom. The number of carbonyl (C=O) groups excluding carboxylic acids is 1. The highest BCUT2D eigenvalue weighted by Crippen LogP contribution is 2.24. The van der Waals surface area contributed by atoms with Gasteiger partial charge in [-0.05, 0) is 53.7 Å². The number of hydrogen-bond donors (Lipinski definition) is 0. The van der Waals surface area contributed by atoms with Crippen molar-refractivity contribution in [3.8, 4) is 0 Å². The number of rotatable bonds is 2. The maximum atomic E-state index is 12.1. The van der Waals surface area contributed by atoms with Crippen LogP contribution in [0.15, 0.2) is 35.1 Å². The van der Waals surface area contributed by atoms with Gasteiger partial charge in [0.2, 0.25) is 0 Å². The standard InChI is InChI=1S/C19H24BrN3O2/c1-19(2,3)25-18(24)23-8-6-22(7-9-23)13-14-4-5-15-11-21-12-17(20)16(15)10-14/h4-5,10-12H,6-9,13H2,1-3H3. The number of halogens is 1. The highest BCUT2D eigenvalue weighted by atomic mass is 79.9. The van der Waals surface area contributed by atoms with Crippen molar-refractivity contribution in [2.24, 2.45) is 0 Å². The lowest BCUT2D eigenvalue weighted by Gasteiger charge is -2.35. The van der Waals surface area contributed by atoms with E-state index in [-0.39, 0.29) is 6.09 Å². The van der Waals surface area contributed by atoms with Crippen LogP contribution in [-0.4, -0.2) is 52.7 Å². The SMILES string of the molecule is CC(C)(C)OC(=O)N1CCN(Cc2ccc3cncc(Br)c3c2)CC1. The Bertz CT molecular complexity index is 765. The van der Waals surface area contributed by atoms with E-state index in [0.717, 1.165) is 29.5 Å². The molecule has 1 amide bonds. The molecule has 0 N–H and O–H groups in total. The van der Waals surface area contributed by atoms with Crippen molar-refractivity contribution in [1.29, 1.82) is 0 Å². The second-order valence-electron chi connectivity index (χ2n) is 7.42. The maximum Gasteiger partial charge on any atom is 0.410 e. The van der Waals surface area contributed by atoms with Crippen molar-refractivity contribution in [2.75, 3.05) is 26.2 Å². The first kappa shape index (κ1) is 18.1. The summed E-state index contributed by atoms with van der Waals surface area (Å²) in [6, 6.07) is 6.47. The van der Waals surface area contributed by atoms with Crippen LogP contribution in [0.3, 0.4) is 0 Å². The highest BCUT2D eigenvalue weighted by Gasteiger charge is 2.25. The lowest BCUT2D eigenvalue weighted by atomic mass is 10.1. The zero-order valence-electron chi connectivity index (χ0n) is 15.0. The average molecular weight is 406 g/mol. The number of carbonyl (C=O) groups is 1. The summed E-state index contributed by atoms with van der Waals surface area (Å²) in [7, 11) is 0. The molecule has 0 atom stereocenters. The maximum absolute atomic E-state index is 12.1. The van der Waals surface area contributed by atoms with Gasteiger partial charge in [-0.25, -0.2) is 4.79 Å². The summed E-state index contributed by atoms with van der Waals surface area (Å²) in [5.41, 5.74) is 0.826. The first-order chi connectivity index (χ1) is 11.8. The normalized spacial score (nSPS) is 16.2. The zero-order chi connectivity index (χ0) is 18.0. The number of pyridine rings is 1. The van der Waals surface area contributed by atoms with E-state index >= 15 is 0 Å². The van der Waals surface area contributed by atoms with Gasteiger partial charge in [-0.15, -0.1) is 0 Å². The molecule has 5 nitrogen and oxygen atoms in total. The fourth-order valence-corrected chi connectivity index (χ4v) is 3.41. The van der Waals surface area contributed by atoms with Gasteiger partial charge in [-0.1, -0.05) is 12.1 Å². The Hall–Kier alpha value is -1.66. The minimum atomic E-state index is -0.443. The van der Waals surface area contributed by atoms with Crippen LogP contribution in [0.4, 0.5) is 4.79 Å². The lowest BCUT2D eigenvalue weighted by molar-refractivity contribution is 0.0139. The van der Waals surface area contributed by atoms with Crippen LogP contribution in [0.25, 0.3) is 10.8 Å². The third-order valence-corrected chi connectivity index (χ3v) is 4.84. The van der Waals surface area contributed by atoms with Gasteiger partial charge in [-0.2, -0.15) is 0 Å². The molecule has 1 saturated heterocycles. The first-order valence-electron chi connectivity index (χ1n) is 8.54. The van der Waals surface area contributed by atoms with Crippen LogP contribution >= 0.6 is 15.9 Å². The Morgan fingerprint density at radius 2 is 1.92 bits per heavy atom. The predicted octanol–water partition coefficient (Wildman–Crippen LogP) is 4.05. The molecule has 1 aromatic carbocycles. The quantitative estimate of drug-likeness (QED) is 0.755. The van der Waals surface area contributed by atoms with Gasteiger partial charge in [0.1, 0.15) is 5.60 Å². The highest BCUT2D eigenvalue weighted by molar-refractivity contribution is 9.10. The molecule has 0 radical (unpaired) electrons. The Balaban J connectivity index is 1.59. The summed E-state index contributed by atoms with van der Waals surface area (Å²) in [6.07, 6.45) is 3.49. The van der Waals surface area contributed by atoms with E-state index in [1.54, 1.807) is 4.90 Å². The van der Waals surface area contributed by atoms with E-state index in [9.17, 15) is 4.79 Å². The third kappa shape index (κ3) is 4.70. The van der Waals surface area contributed by atoms with E-state index in [1.807, 2.05) is 33.2 Å². The van der Waals surface area contributed by atoms with E-state index in [2.05, 4.69) is 44.0 Å². The van der Waals surface area contributed by atoms with Gasteiger partial charge in [-0.3, -0.25) is 9.88 Å². The fourth-order valence-electron chi connectivity index (χ4n) is 2.95. The van der Waals surface area contributed by atoms with E-state index in [0.29, 0.717) is 13.1 Å². The Kier molecular flexibility index (Phi) is 5.29. The molecule has 6 heteroatoms. The van der Waals surface area contributed by atoms with Crippen molar-refractivity contribution in [2.45, 2.75) is 32.9 Å². The molecule has 0 saturated carbocycles. The zero-order valence-corrected chi connectivity index (χ0v) is 16.5. The topological polar surface area (TPSA) is 45.7 Å². The van der Waals surface area contributed by atoms with Gasteiger partial charge in [0.25, 0.3) is 0 Å². The molecule has 134 valence electrons. The molecule has 1 aliphatic heterocycles. The molecule has 1 fully saturated rings. The van der Waals surface area contributed by atoms with Crippen LogP contribution in [0.5, 0.6) is 0 Å². The summed E-state index contributed by atoms with van der Waals surface area (Å²) in [5.74, 6) is 0. The number of piperazine rings is 1. The van der Waals surface area contributed by atoms with Crippen molar-refractivity contribution in [3.63, 3.8) is 0 Å². The Labute approximate surface area is 157 Å². The number of fused-ring (bicyclic) bond motifs is 1. The van der Waals surface area contributed by atoms with Gasteiger partial charge < -0.3 is 9.64 Å². The number of benzene rings is 1.